The molecule has 0 saturated carbocycles. The zero-order valence-electron chi connectivity index (χ0n) is 11.0. The maximum absolute atomic E-state index is 12.2. The SMILES string of the molecule is CSc1cc(CO)n(-c2c(Cl)cc(OC(F)(F)F)cc2Cl)n1. The number of rotatable bonds is 4. The number of aliphatic hydroxyl groups is 1. The highest BCUT2D eigenvalue weighted by Gasteiger charge is 2.31. The third-order valence-electron chi connectivity index (χ3n) is 2.57. The summed E-state index contributed by atoms with van der Waals surface area (Å²) in [5, 5.41) is 14.0. The Kier molecular flexibility index (Phi) is 5.16. The summed E-state index contributed by atoms with van der Waals surface area (Å²) in [7, 11) is 0. The molecule has 22 heavy (non-hydrogen) atoms. The Bertz CT molecular complexity index is 668. The molecule has 1 aromatic heterocycles. The highest BCUT2D eigenvalue weighted by atomic mass is 35.5. The van der Waals surface area contributed by atoms with Crippen LogP contribution in [0.4, 0.5) is 13.2 Å². The molecule has 1 heterocycles. The van der Waals surface area contributed by atoms with Crippen molar-refractivity contribution in [2.45, 2.75) is 18.0 Å². The first-order valence-corrected chi connectivity index (χ1v) is 7.72. The zero-order valence-corrected chi connectivity index (χ0v) is 13.3. The van der Waals surface area contributed by atoms with E-state index < -0.39 is 12.1 Å². The van der Waals surface area contributed by atoms with E-state index in [2.05, 4.69) is 9.84 Å². The van der Waals surface area contributed by atoms with Crippen molar-refractivity contribution in [2.75, 3.05) is 6.26 Å². The maximum atomic E-state index is 12.2. The number of thioether (sulfide) groups is 1. The monoisotopic (exact) mass is 372 g/mol. The molecule has 0 saturated heterocycles. The number of alkyl halides is 3. The Balaban J connectivity index is 2.51. The van der Waals surface area contributed by atoms with Gasteiger partial charge in [-0.3, -0.25) is 0 Å². The van der Waals surface area contributed by atoms with Gasteiger partial charge in [-0.2, -0.15) is 5.10 Å². The number of ether oxygens (including phenoxy) is 1. The topological polar surface area (TPSA) is 47.3 Å². The number of benzene rings is 1. The molecule has 2 aromatic rings. The Morgan fingerprint density at radius 3 is 2.32 bits per heavy atom. The van der Waals surface area contributed by atoms with Crippen molar-refractivity contribution < 1.29 is 23.0 Å². The van der Waals surface area contributed by atoms with Crippen molar-refractivity contribution in [1.82, 2.24) is 9.78 Å². The van der Waals surface area contributed by atoms with Gasteiger partial charge in [-0.05, 0) is 12.3 Å². The van der Waals surface area contributed by atoms with E-state index in [1.54, 1.807) is 12.3 Å². The van der Waals surface area contributed by atoms with E-state index in [-0.39, 0.29) is 22.3 Å². The van der Waals surface area contributed by atoms with Crippen molar-refractivity contribution in [3.8, 4) is 11.4 Å². The summed E-state index contributed by atoms with van der Waals surface area (Å²) < 4.78 is 41.8. The van der Waals surface area contributed by atoms with Crippen molar-refractivity contribution in [2.24, 2.45) is 0 Å². The minimum absolute atomic E-state index is 0.0859. The number of aromatic nitrogens is 2. The van der Waals surface area contributed by atoms with Gasteiger partial charge in [0.25, 0.3) is 0 Å². The first-order valence-electron chi connectivity index (χ1n) is 5.74. The highest BCUT2D eigenvalue weighted by Crippen LogP contribution is 2.36. The zero-order chi connectivity index (χ0) is 16.5. The minimum Gasteiger partial charge on any atom is -0.406 e. The van der Waals surface area contributed by atoms with E-state index in [1.807, 2.05) is 0 Å². The summed E-state index contributed by atoms with van der Waals surface area (Å²) in [5.74, 6) is -0.533. The Morgan fingerprint density at radius 1 is 1.27 bits per heavy atom. The van der Waals surface area contributed by atoms with E-state index in [0.29, 0.717) is 10.7 Å². The summed E-state index contributed by atoms with van der Waals surface area (Å²) in [6.45, 7) is -0.332. The molecular formula is C12H9Cl2F3N2O2S. The number of halogens is 5. The van der Waals surface area contributed by atoms with Crippen LogP contribution in [0.15, 0.2) is 23.2 Å². The molecule has 0 aliphatic carbocycles. The highest BCUT2D eigenvalue weighted by molar-refractivity contribution is 7.98. The predicted molar refractivity (Wildman–Crippen MR) is 78.0 cm³/mol. The molecular weight excluding hydrogens is 364 g/mol. The number of hydrogen-bond acceptors (Lipinski definition) is 4. The first kappa shape index (κ1) is 17.3. The molecule has 0 radical (unpaired) electrons. The van der Waals surface area contributed by atoms with E-state index in [0.717, 1.165) is 12.1 Å². The lowest BCUT2D eigenvalue weighted by Crippen LogP contribution is -2.17. The molecule has 0 fully saturated rings. The normalized spacial score (nSPS) is 11.8. The maximum Gasteiger partial charge on any atom is 0.573 e. The van der Waals surface area contributed by atoms with Crippen molar-refractivity contribution in [3.05, 3.63) is 33.9 Å². The minimum atomic E-state index is -4.85. The largest absolute Gasteiger partial charge is 0.573 e. The van der Waals surface area contributed by atoms with E-state index >= 15 is 0 Å². The molecule has 4 nitrogen and oxygen atoms in total. The first-order chi connectivity index (χ1) is 10.2. The summed E-state index contributed by atoms with van der Waals surface area (Å²) in [6, 6.07) is 3.59. The lowest BCUT2D eigenvalue weighted by molar-refractivity contribution is -0.274. The van der Waals surface area contributed by atoms with Gasteiger partial charge in [-0.1, -0.05) is 23.2 Å². The third kappa shape index (κ3) is 3.81. The number of hydrogen-bond donors (Lipinski definition) is 1. The van der Waals surface area contributed by atoms with Crippen LogP contribution in [0.25, 0.3) is 5.69 Å². The smallest absolute Gasteiger partial charge is 0.406 e. The van der Waals surface area contributed by atoms with Crippen molar-refractivity contribution >= 4 is 35.0 Å². The molecule has 10 heteroatoms. The van der Waals surface area contributed by atoms with Gasteiger partial charge in [0.2, 0.25) is 0 Å². The standard InChI is InChI=1S/C12H9Cl2F3N2O2S/c1-22-10-2-6(5-20)19(18-10)11-8(13)3-7(4-9(11)14)21-12(15,16)17/h2-4,20H,5H2,1H3. The average Bonchev–Trinajstić information content (AvgIpc) is 2.79. The van der Waals surface area contributed by atoms with Gasteiger partial charge in [-0.25, -0.2) is 4.68 Å². The molecule has 0 spiro atoms. The van der Waals surface area contributed by atoms with Crippen LogP contribution in [-0.4, -0.2) is 27.5 Å². The quantitative estimate of drug-likeness (QED) is 0.813. The lowest BCUT2D eigenvalue weighted by Gasteiger charge is -2.14. The van der Waals surface area contributed by atoms with Crippen LogP contribution >= 0.6 is 35.0 Å². The van der Waals surface area contributed by atoms with Crippen LogP contribution in [0.1, 0.15) is 5.69 Å². The van der Waals surface area contributed by atoms with Gasteiger partial charge >= 0.3 is 6.36 Å². The Labute approximate surface area is 137 Å². The second-order valence-electron chi connectivity index (χ2n) is 4.03. The van der Waals surface area contributed by atoms with Gasteiger partial charge < -0.3 is 9.84 Å². The summed E-state index contributed by atoms with van der Waals surface area (Å²) in [5.41, 5.74) is 0.569. The van der Waals surface area contributed by atoms with E-state index in [1.165, 1.54) is 16.4 Å². The lowest BCUT2D eigenvalue weighted by atomic mass is 10.3. The summed E-state index contributed by atoms with van der Waals surface area (Å²) in [4.78, 5) is 0. The van der Waals surface area contributed by atoms with Gasteiger partial charge in [0.05, 0.1) is 22.3 Å². The fourth-order valence-corrected chi connectivity index (χ4v) is 2.78. The average molecular weight is 373 g/mol. The van der Waals surface area contributed by atoms with Crippen LogP contribution in [0, 0.1) is 0 Å². The van der Waals surface area contributed by atoms with E-state index in [9.17, 15) is 18.3 Å². The van der Waals surface area contributed by atoms with Crippen LogP contribution in [-0.2, 0) is 6.61 Å². The summed E-state index contributed by atoms with van der Waals surface area (Å²) in [6.07, 6.45) is -3.06. The van der Waals surface area contributed by atoms with Crippen LogP contribution < -0.4 is 4.74 Å². The molecule has 1 N–H and O–H groups in total. The van der Waals surface area contributed by atoms with Gasteiger partial charge in [0.15, 0.2) is 0 Å². The molecule has 2 rings (SSSR count). The van der Waals surface area contributed by atoms with Crippen LogP contribution in [0.2, 0.25) is 10.0 Å². The van der Waals surface area contributed by atoms with E-state index in [4.69, 9.17) is 23.2 Å². The van der Waals surface area contributed by atoms with Crippen molar-refractivity contribution in [3.63, 3.8) is 0 Å². The molecule has 1 aromatic carbocycles. The van der Waals surface area contributed by atoms with Gasteiger partial charge in [-0.15, -0.1) is 24.9 Å². The molecule has 0 aliphatic rings. The third-order valence-corrected chi connectivity index (χ3v) is 3.76. The van der Waals surface area contributed by atoms with Gasteiger partial charge in [0, 0.05) is 12.1 Å². The molecule has 0 bridgehead atoms. The van der Waals surface area contributed by atoms with Crippen LogP contribution in [0.5, 0.6) is 5.75 Å². The van der Waals surface area contributed by atoms with Crippen LogP contribution in [0.3, 0.4) is 0 Å². The fraction of sp³-hybridized carbons (Fsp3) is 0.250. The summed E-state index contributed by atoms with van der Waals surface area (Å²) >= 11 is 13.3. The molecule has 120 valence electrons. The number of aliphatic hydroxyl groups excluding tert-OH is 1. The molecule has 0 unspecified atom stereocenters. The predicted octanol–water partition coefficient (Wildman–Crippen LogP) is 4.29. The Morgan fingerprint density at radius 2 is 1.86 bits per heavy atom. The van der Waals surface area contributed by atoms with Gasteiger partial charge in [0.1, 0.15) is 16.5 Å². The molecule has 0 atom stereocenters. The molecule has 0 aliphatic heterocycles. The second kappa shape index (κ2) is 6.57. The molecule has 0 amide bonds. The fourth-order valence-electron chi connectivity index (χ4n) is 1.74. The number of nitrogens with zero attached hydrogens (tertiary/aromatic N) is 2. The second-order valence-corrected chi connectivity index (χ2v) is 5.67. The Hall–Kier alpha value is -1.09. The van der Waals surface area contributed by atoms with Crippen molar-refractivity contribution in [1.29, 1.82) is 0 Å².